The zero-order valence-electron chi connectivity index (χ0n) is 12.4. The summed E-state index contributed by atoms with van der Waals surface area (Å²) in [4.78, 5) is 0. The molecule has 0 radical (unpaired) electrons. The summed E-state index contributed by atoms with van der Waals surface area (Å²) in [5.41, 5.74) is 3.57. The Morgan fingerprint density at radius 3 is 2.95 bits per heavy atom. The van der Waals surface area contributed by atoms with Crippen LogP contribution in [-0.4, -0.2) is 23.3 Å². The number of ether oxygens (including phenoxy) is 1. The molecular formula is C17H21N3O. The van der Waals surface area contributed by atoms with Gasteiger partial charge in [-0.3, -0.25) is 5.10 Å². The maximum atomic E-state index is 5.53. The Labute approximate surface area is 125 Å². The second-order valence-electron chi connectivity index (χ2n) is 4.90. The smallest absolute Gasteiger partial charge is 0.148 e. The monoisotopic (exact) mass is 283 g/mol. The normalized spacial score (nSPS) is 10.3. The minimum absolute atomic E-state index is 0.302. The number of H-pyrrole nitrogens is 1. The number of terminal acetylenes is 1. The number of hydrogen-bond donors (Lipinski definition) is 2. The lowest BCUT2D eigenvalue weighted by molar-refractivity contribution is 0.365. The third-order valence-electron chi connectivity index (χ3n) is 3.33. The van der Waals surface area contributed by atoms with Gasteiger partial charge in [-0.1, -0.05) is 24.1 Å². The van der Waals surface area contributed by atoms with Crippen molar-refractivity contribution in [2.24, 2.45) is 0 Å². The highest BCUT2D eigenvalue weighted by Gasteiger charge is 2.03. The fraction of sp³-hybridized carbons (Fsp3) is 0.353. The maximum Gasteiger partial charge on any atom is 0.148 e. The molecule has 110 valence electrons. The molecule has 0 aliphatic carbocycles. The van der Waals surface area contributed by atoms with Crippen LogP contribution < -0.4 is 10.1 Å². The minimum Gasteiger partial charge on any atom is -0.481 e. The summed E-state index contributed by atoms with van der Waals surface area (Å²) in [7, 11) is 0. The molecule has 2 rings (SSSR count). The van der Waals surface area contributed by atoms with Crippen LogP contribution in [-0.2, 0) is 13.0 Å². The highest BCUT2D eigenvalue weighted by atomic mass is 16.5. The van der Waals surface area contributed by atoms with Crippen molar-refractivity contribution in [2.45, 2.75) is 26.3 Å². The summed E-state index contributed by atoms with van der Waals surface area (Å²) >= 11 is 0. The number of aromatic amines is 1. The van der Waals surface area contributed by atoms with Crippen LogP contribution in [0, 0.1) is 19.3 Å². The molecule has 0 bridgehead atoms. The minimum atomic E-state index is 0.302. The third kappa shape index (κ3) is 4.66. The van der Waals surface area contributed by atoms with E-state index in [4.69, 9.17) is 11.2 Å². The zero-order valence-corrected chi connectivity index (χ0v) is 12.4. The number of para-hydroxylation sites is 1. The number of aryl methyl sites for hydroxylation is 2. The highest BCUT2D eigenvalue weighted by Crippen LogP contribution is 2.17. The molecule has 4 nitrogen and oxygen atoms in total. The Morgan fingerprint density at radius 1 is 1.33 bits per heavy atom. The lowest BCUT2D eigenvalue weighted by Crippen LogP contribution is -2.16. The van der Waals surface area contributed by atoms with Crippen molar-refractivity contribution < 1.29 is 4.74 Å². The average molecular weight is 283 g/mol. The van der Waals surface area contributed by atoms with Crippen LogP contribution in [0.2, 0.25) is 0 Å². The van der Waals surface area contributed by atoms with E-state index in [2.05, 4.69) is 34.4 Å². The van der Waals surface area contributed by atoms with Crippen LogP contribution in [0.1, 0.15) is 23.2 Å². The first-order valence-corrected chi connectivity index (χ1v) is 7.15. The predicted molar refractivity (Wildman–Crippen MR) is 84.1 cm³/mol. The van der Waals surface area contributed by atoms with E-state index in [-0.39, 0.29) is 0 Å². The van der Waals surface area contributed by atoms with Gasteiger partial charge in [0, 0.05) is 17.8 Å². The number of aromatic nitrogens is 2. The van der Waals surface area contributed by atoms with Gasteiger partial charge in [-0.05, 0) is 37.9 Å². The van der Waals surface area contributed by atoms with Crippen molar-refractivity contribution in [3.05, 3.63) is 47.3 Å². The van der Waals surface area contributed by atoms with E-state index in [1.165, 1.54) is 5.56 Å². The first kappa shape index (κ1) is 15.1. The van der Waals surface area contributed by atoms with Gasteiger partial charge in [-0.2, -0.15) is 5.10 Å². The van der Waals surface area contributed by atoms with E-state index in [1.54, 1.807) is 0 Å². The molecule has 0 saturated carbocycles. The van der Waals surface area contributed by atoms with E-state index < -0.39 is 0 Å². The van der Waals surface area contributed by atoms with Gasteiger partial charge in [0.05, 0.1) is 6.20 Å². The Hall–Kier alpha value is -2.25. The average Bonchev–Trinajstić information content (AvgIpc) is 2.91. The van der Waals surface area contributed by atoms with Crippen molar-refractivity contribution in [1.29, 1.82) is 0 Å². The number of nitrogens with one attached hydrogen (secondary N) is 2. The molecule has 0 fully saturated rings. The molecule has 0 aliphatic heterocycles. The van der Waals surface area contributed by atoms with Crippen molar-refractivity contribution >= 4 is 0 Å². The molecule has 0 saturated heterocycles. The number of benzene rings is 1. The molecule has 0 aliphatic rings. The second kappa shape index (κ2) is 8.13. The summed E-state index contributed by atoms with van der Waals surface area (Å²) in [6, 6.07) is 7.97. The van der Waals surface area contributed by atoms with E-state index in [1.807, 2.05) is 24.4 Å². The van der Waals surface area contributed by atoms with Gasteiger partial charge in [-0.25, -0.2) is 0 Å². The maximum absolute atomic E-state index is 5.53. The van der Waals surface area contributed by atoms with E-state index >= 15 is 0 Å². The molecule has 2 aromatic rings. The van der Waals surface area contributed by atoms with Gasteiger partial charge in [0.15, 0.2) is 0 Å². The van der Waals surface area contributed by atoms with E-state index in [9.17, 15) is 0 Å². The molecule has 1 heterocycles. The quantitative estimate of drug-likeness (QED) is 0.578. The number of hydrogen-bond acceptors (Lipinski definition) is 3. The van der Waals surface area contributed by atoms with Gasteiger partial charge in [0.2, 0.25) is 0 Å². The van der Waals surface area contributed by atoms with Gasteiger partial charge >= 0.3 is 0 Å². The summed E-state index contributed by atoms with van der Waals surface area (Å²) in [5.74, 6) is 3.34. The lowest BCUT2D eigenvalue weighted by Gasteiger charge is -2.10. The fourth-order valence-electron chi connectivity index (χ4n) is 2.16. The molecule has 0 atom stereocenters. The first-order valence-electron chi connectivity index (χ1n) is 7.15. The topological polar surface area (TPSA) is 49.9 Å². The van der Waals surface area contributed by atoms with E-state index in [0.717, 1.165) is 42.9 Å². The van der Waals surface area contributed by atoms with Crippen LogP contribution in [0.4, 0.5) is 0 Å². The van der Waals surface area contributed by atoms with E-state index in [0.29, 0.717) is 6.61 Å². The molecule has 0 amide bonds. The molecule has 0 unspecified atom stereocenters. The van der Waals surface area contributed by atoms with Crippen molar-refractivity contribution in [2.75, 3.05) is 13.2 Å². The highest BCUT2D eigenvalue weighted by molar-refractivity contribution is 5.33. The summed E-state index contributed by atoms with van der Waals surface area (Å²) < 4.78 is 5.53. The summed E-state index contributed by atoms with van der Waals surface area (Å²) in [6.07, 6.45) is 9.24. The summed E-state index contributed by atoms with van der Waals surface area (Å²) in [5, 5.41) is 10.4. The Balaban J connectivity index is 1.73. The van der Waals surface area contributed by atoms with Crippen LogP contribution in [0.3, 0.4) is 0 Å². The van der Waals surface area contributed by atoms with Crippen LogP contribution in [0.15, 0.2) is 30.5 Å². The SMILES string of the molecule is C#CCOc1ccccc1CNCCCc1cn[nH]c1C. The molecular weight excluding hydrogens is 262 g/mol. The molecule has 4 heteroatoms. The molecule has 1 aromatic carbocycles. The van der Waals surface area contributed by atoms with Gasteiger partial charge in [0.25, 0.3) is 0 Å². The lowest BCUT2D eigenvalue weighted by atomic mass is 10.1. The third-order valence-corrected chi connectivity index (χ3v) is 3.33. The molecule has 2 N–H and O–H groups in total. The van der Waals surface area contributed by atoms with Crippen molar-refractivity contribution in [3.63, 3.8) is 0 Å². The standard InChI is InChI=1S/C17H21N3O/c1-3-11-21-17-9-5-4-7-16(17)12-18-10-6-8-15-13-19-20-14(15)2/h1,4-5,7,9,13,18H,6,8,10-12H2,2H3,(H,19,20). The molecule has 1 aromatic heterocycles. The summed E-state index contributed by atoms with van der Waals surface area (Å²) in [6.45, 7) is 4.09. The largest absolute Gasteiger partial charge is 0.481 e. The molecule has 21 heavy (non-hydrogen) atoms. The Kier molecular flexibility index (Phi) is 5.86. The number of rotatable bonds is 8. The van der Waals surface area contributed by atoms with Gasteiger partial charge < -0.3 is 10.1 Å². The van der Waals surface area contributed by atoms with Crippen LogP contribution in [0.25, 0.3) is 0 Å². The number of nitrogens with zero attached hydrogens (tertiary/aromatic N) is 1. The first-order chi connectivity index (χ1) is 10.3. The van der Waals surface area contributed by atoms with Gasteiger partial charge in [-0.15, -0.1) is 6.42 Å². The van der Waals surface area contributed by atoms with Crippen LogP contribution >= 0.6 is 0 Å². The van der Waals surface area contributed by atoms with Gasteiger partial charge in [0.1, 0.15) is 12.4 Å². The zero-order chi connectivity index (χ0) is 14.9. The second-order valence-corrected chi connectivity index (χ2v) is 4.90. The Bertz CT molecular complexity index is 598. The Morgan fingerprint density at radius 2 is 2.19 bits per heavy atom. The predicted octanol–water partition coefficient (Wildman–Crippen LogP) is 2.45. The van der Waals surface area contributed by atoms with Crippen molar-refractivity contribution in [1.82, 2.24) is 15.5 Å². The molecule has 0 spiro atoms. The van der Waals surface area contributed by atoms with Crippen LogP contribution in [0.5, 0.6) is 5.75 Å². The fourth-order valence-corrected chi connectivity index (χ4v) is 2.16. The van der Waals surface area contributed by atoms with Crippen molar-refractivity contribution in [3.8, 4) is 18.1 Å².